The molecule has 5 nitrogen and oxygen atoms in total. The highest BCUT2D eigenvalue weighted by Crippen LogP contribution is 2.26. The summed E-state index contributed by atoms with van der Waals surface area (Å²) < 4.78 is 26.6. The lowest BCUT2D eigenvalue weighted by atomic mass is 9.91. The Bertz CT molecular complexity index is 525. The molecule has 1 aromatic heterocycles. The van der Waals surface area contributed by atoms with Gasteiger partial charge in [0.1, 0.15) is 4.90 Å². The van der Waals surface area contributed by atoms with Gasteiger partial charge in [-0.2, -0.15) is 4.31 Å². The zero-order chi connectivity index (χ0) is 15.3. The van der Waals surface area contributed by atoms with Gasteiger partial charge in [0, 0.05) is 31.5 Å². The van der Waals surface area contributed by atoms with Gasteiger partial charge in [-0.1, -0.05) is 6.92 Å². The van der Waals surface area contributed by atoms with E-state index in [4.69, 9.17) is 0 Å². The van der Waals surface area contributed by atoms with Crippen molar-refractivity contribution < 1.29 is 8.42 Å². The minimum Gasteiger partial charge on any atom is -0.314 e. The van der Waals surface area contributed by atoms with Crippen LogP contribution >= 0.6 is 0 Å². The standard InChI is InChI=1S/C15H25N3O2S/c1-3-10-17-13-6-8-14(9-7-13)18(2)21(19,20)15-5-4-11-16-12-15/h4-5,11-14,17H,3,6-10H2,1-2H3. The largest absolute Gasteiger partial charge is 0.314 e. The van der Waals surface area contributed by atoms with Crippen LogP contribution in [0.5, 0.6) is 0 Å². The molecule has 1 fully saturated rings. The first-order valence-corrected chi connectivity index (χ1v) is 9.11. The van der Waals surface area contributed by atoms with Crippen molar-refractivity contribution in [2.24, 2.45) is 0 Å². The summed E-state index contributed by atoms with van der Waals surface area (Å²) in [5.74, 6) is 0. The van der Waals surface area contributed by atoms with Gasteiger partial charge < -0.3 is 5.32 Å². The number of nitrogens with zero attached hydrogens (tertiary/aromatic N) is 2. The van der Waals surface area contributed by atoms with Gasteiger partial charge in [-0.3, -0.25) is 4.98 Å². The first-order chi connectivity index (χ1) is 10.1. The smallest absolute Gasteiger partial charge is 0.244 e. The van der Waals surface area contributed by atoms with Crippen LogP contribution in [0.2, 0.25) is 0 Å². The number of aromatic nitrogens is 1. The van der Waals surface area contributed by atoms with Gasteiger partial charge in [0.2, 0.25) is 10.0 Å². The van der Waals surface area contributed by atoms with E-state index in [1.165, 1.54) is 10.5 Å². The summed E-state index contributed by atoms with van der Waals surface area (Å²) in [5.41, 5.74) is 0. The predicted molar refractivity (Wildman–Crippen MR) is 83.5 cm³/mol. The Kier molecular flexibility index (Phi) is 5.72. The topological polar surface area (TPSA) is 62.3 Å². The van der Waals surface area contributed by atoms with E-state index < -0.39 is 10.0 Å². The van der Waals surface area contributed by atoms with Crippen LogP contribution in [-0.4, -0.2) is 43.4 Å². The Balaban J connectivity index is 1.97. The lowest BCUT2D eigenvalue weighted by Gasteiger charge is -2.34. The van der Waals surface area contributed by atoms with Gasteiger partial charge in [-0.15, -0.1) is 0 Å². The molecule has 1 aliphatic carbocycles. The fraction of sp³-hybridized carbons (Fsp3) is 0.667. The second-order valence-corrected chi connectivity index (χ2v) is 7.67. The molecule has 2 rings (SSSR count). The molecule has 1 aliphatic rings. The molecular formula is C15H25N3O2S. The molecule has 1 N–H and O–H groups in total. The maximum Gasteiger partial charge on any atom is 0.244 e. The van der Waals surface area contributed by atoms with Crippen LogP contribution < -0.4 is 5.32 Å². The molecule has 1 aromatic rings. The van der Waals surface area contributed by atoms with Gasteiger partial charge in [0.15, 0.2) is 0 Å². The normalized spacial score (nSPS) is 23.4. The van der Waals surface area contributed by atoms with Gasteiger partial charge >= 0.3 is 0 Å². The molecule has 1 heterocycles. The summed E-state index contributed by atoms with van der Waals surface area (Å²) in [5, 5.41) is 3.52. The van der Waals surface area contributed by atoms with Gasteiger partial charge in [0.05, 0.1) is 0 Å². The molecule has 21 heavy (non-hydrogen) atoms. The van der Waals surface area contributed by atoms with Crippen molar-refractivity contribution in [2.45, 2.75) is 56.0 Å². The minimum absolute atomic E-state index is 0.0925. The molecule has 0 bridgehead atoms. The van der Waals surface area contributed by atoms with E-state index in [1.54, 1.807) is 25.4 Å². The van der Waals surface area contributed by atoms with Crippen molar-refractivity contribution in [1.29, 1.82) is 0 Å². The Morgan fingerprint density at radius 3 is 2.62 bits per heavy atom. The van der Waals surface area contributed by atoms with E-state index in [-0.39, 0.29) is 10.9 Å². The third-order valence-electron chi connectivity index (χ3n) is 4.21. The molecule has 0 aromatic carbocycles. The van der Waals surface area contributed by atoms with Crippen molar-refractivity contribution in [3.63, 3.8) is 0 Å². The van der Waals surface area contributed by atoms with Crippen molar-refractivity contribution in [1.82, 2.24) is 14.6 Å². The lowest BCUT2D eigenvalue weighted by molar-refractivity contribution is 0.249. The zero-order valence-corrected chi connectivity index (χ0v) is 13.6. The molecule has 0 amide bonds. The molecule has 1 saturated carbocycles. The number of rotatable bonds is 6. The second kappa shape index (κ2) is 7.33. The van der Waals surface area contributed by atoms with E-state index in [9.17, 15) is 8.42 Å². The summed E-state index contributed by atoms with van der Waals surface area (Å²) in [6, 6.07) is 3.89. The van der Waals surface area contributed by atoms with Crippen LogP contribution in [0.1, 0.15) is 39.0 Å². The second-order valence-electron chi connectivity index (χ2n) is 5.67. The summed E-state index contributed by atoms with van der Waals surface area (Å²) in [6.07, 6.45) is 8.04. The van der Waals surface area contributed by atoms with Crippen molar-refractivity contribution in [3.05, 3.63) is 24.5 Å². The summed E-state index contributed by atoms with van der Waals surface area (Å²) in [4.78, 5) is 4.19. The van der Waals surface area contributed by atoms with Crippen LogP contribution in [0.25, 0.3) is 0 Å². The zero-order valence-electron chi connectivity index (χ0n) is 12.8. The molecule has 6 heteroatoms. The molecule has 118 valence electrons. The summed E-state index contributed by atoms with van der Waals surface area (Å²) in [7, 11) is -1.74. The monoisotopic (exact) mass is 311 g/mol. The predicted octanol–water partition coefficient (Wildman–Crippen LogP) is 2.01. The van der Waals surface area contributed by atoms with E-state index in [1.807, 2.05) is 0 Å². The third kappa shape index (κ3) is 4.02. The molecule has 0 saturated heterocycles. The molecule has 0 radical (unpaired) electrons. The Morgan fingerprint density at radius 2 is 2.05 bits per heavy atom. The number of pyridine rings is 1. The first-order valence-electron chi connectivity index (χ1n) is 7.67. The maximum absolute atomic E-state index is 12.6. The number of nitrogens with one attached hydrogen (secondary N) is 1. The minimum atomic E-state index is -3.42. The van der Waals surface area contributed by atoms with Crippen LogP contribution in [0, 0.1) is 0 Å². The highest BCUT2D eigenvalue weighted by Gasteiger charge is 2.31. The molecule has 0 atom stereocenters. The van der Waals surface area contributed by atoms with Crippen LogP contribution in [-0.2, 0) is 10.0 Å². The van der Waals surface area contributed by atoms with Gasteiger partial charge in [-0.05, 0) is 50.8 Å². The Hall–Kier alpha value is -0.980. The lowest BCUT2D eigenvalue weighted by Crippen LogP contribution is -2.43. The highest BCUT2D eigenvalue weighted by molar-refractivity contribution is 7.89. The van der Waals surface area contributed by atoms with E-state index >= 15 is 0 Å². The Labute approximate surface area is 127 Å². The molecule has 0 unspecified atom stereocenters. The quantitative estimate of drug-likeness (QED) is 0.873. The molecular weight excluding hydrogens is 286 g/mol. The number of hydrogen-bond donors (Lipinski definition) is 1. The fourth-order valence-corrected chi connectivity index (χ4v) is 4.23. The van der Waals surface area contributed by atoms with Crippen LogP contribution in [0.4, 0.5) is 0 Å². The third-order valence-corrected chi connectivity index (χ3v) is 6.10. The van der Waals surface area contributed by atoms with Gasteiger partial charge in [0.25, 0.3) is 0 Å². The van der Waals surface area contributed by atoms with E-state index in [2.05, 4.69) is 17.2 Å². The van der Waals surface area contributed by atoms with Crippen molar-refractivity contribution in [3.8, 4) is 0 Å². The number of sulfonamides is 1. The average molecular weight is 311 g/mol. The molecule has 0 spiro atoms. The summed E-state index contributed by atoms with van der Waals surface area (Å²) >= 11 is 0. The summed E-state index contributed by atoms with van der Waals surface area (Å²) in [6.45, 7) is 3.20. The maximum atomic E-state index is 12.6. The van der Waals surface area contributed by atoms with Crippen molar-refractivity contribution in [2.75, 3.05) is 13.6 Å². The SMILES string of the molecule is CCCNC1CCC(N(C)S(=O)(=O)c2cccnc2)CC1. The van der Waals surface area contributed by atoms with Crippen molar-refractivity contribution >= 4 is 10.0 Å². The van der Waals surface area contributed by atoms with Crippen LogP contribution in [0.15, 0.2) is 29.4 Å². The highest BCUT2D eigenvalue weighted by atomic mass is 32.2. The van der Waals surface area contributed by atoms with E-state index in [0.717, 1.165) is 38.6 Å². The fourth-order valence-electron chi connectivity index (χ4n) is 2.85. The molecule has 0 aliphatic heterocycles. The first kappa shape index (κ1) is 16.4. The van der Waals surface area contributed by atoms with Gasteiger partial charge in [-0.25, -0.2) is 8.42 Å². The van der Waals surface area contributed by atoms with E-state index in [0.29, 0.717) is 6.04 Å². The van der Waals surface area contributed by atoms with Crippen LogP contribution in [0.3, 0.4) is 0 Å². The number of hydrogen-bond acceptors (Lipinski definition) is 4. The average Bonchev–Trinajstić information content (AvgIpc) is 2.53. The Morgan fingerprint density at radius 1 is 1.33 bits per heavy atom.